The fourth-order valence-electron chi connectivity index (χ4n) is 2.47. The van der Waals surface area contributed by atoms with Crippen LogP contribution in [-0.2, 0) is 0 Å². The average Bonchev–Trinajstić information content (AvgIpc) is 2.77. The van der Waals surface area contributed by atoms with Crippen molar-refractivity contribution in [2.24, 2.45) is 11.7 Å². The molecule has 1 aromatic rings. The van der Waals surface area contributed by atoms with Crippen LogP contribution in [0.2, 0.25) is 0 Å². The highest BCUT2D eigenvalue weighted by Gasteiger charge is 2.27. The summed E-state index contributed by atoms with van der Waals surface area (Å²) in [5.74, 6) is 0.595. The minimum absolute atomic E-state index is 0. The number of nitrogens with two attached hydrogens (primary N) is 2. The highest BCUT2D eigenvalue weighted by Crippen LogP contribution is 2.42. The van der Waals surface area contributed by atoms with Crippen molar-refractivity contribution in [2.75, 3.05) is 5.73 Å². The molecule has 1 saturated carbocycles. The SMILES string of the molecule is Cl.Nc1ccc(Br)c([C@H](N)C2CCCC2)c1O. The van der Waals surface area contributed by atoms with Gasteiger partial charge in [-0.1, -0.05) is 28.8 Å². The molecule has 5 N–H and O–H groups in total. The van der Waals surface area contributed by atoms with Gasteiger partial charge in [-0.25, -0.2) is 0 Å². The van der Waals surface area contributed by atoms with Crippen LogP contribution in [0.4, 0.5) is 5.69 Å². The Morgan fingerprint density at radius 2 is 1.88 bits per heavy atom. The van der Waals surface area contributed by atoms with Gasteiger partial charge in [-0.15, -0.1) is 12.4 Å². The number of hydrogen-bond donors (Lipinski definition) is 3. The van der Waals surface area contributed by atoms with E-state index in [1.165, 1.54) is 12.8 Å². The van der Waals surface area contributed by atoms with Gasteiger partial charge in [0.25, 0.3) is 0 Å². The lowest BCUT2D eigenvalue weighted by Gasteiger charge is -2.22. The van der Waals surface area contributed by atoms with Gasteiger partial charge in [0.2, 0.25) is 0 Å². The molecule has 2 rings (SSSR count). The lowest BCUT2D eigenvalue weighted by molar-refractivity contribution is 0.412. The number of aromatic hydroxyl groups is 1. The number of phenols is 1. The van der Waals surface area contributed by atoms with Crippen LogP contribution < -0.4 is 11.5 Å². The molecule has 0 aliphatic heterocycles. The van der Waals surface area contributed by atoms with Crippen molar-refractivity contribution in [2.45, 2.75) is 31.7 Å². The predicted molar refractivity (Wildman–Crippen MR) is 76.4 cm³/mol. The van der Waals surface area contributed by atoms with Crippen molar-refractivity contribution in [3.63, 3.8) is 0 Å². The number of benzene rings is 1. The van der Waals surface area contributed by atoms with Crippen LogP contribution in [0, 0.1) is 5.92 Å². The molecule has 5 heteroatoms. The topological polar surface area (TPSA) is 72.3 Å². The number of rotatable bonds is 2. The van der Waals surface area contributed by atoms with Gasteiger partial charge in [0.1, 0.15) is 5.75 Å². The monoisotopic (exact) mass is 320 g/mol. The predicted octanol–water partition coefficient (Wildman–Crippen LogP) is 3.35. The fourth-order valence-corrected chi connectivity index (χ4v) is 3.05. The van der Waals surface area contributed by atoms with Crippen molar-refractivity contribution in [1.82, 2.24) is 0 Å². The summed E-state index contributed by atoms with van der Waals surface area (Å²) in [6, 6.07) is 3.41. The minimum Gasteiger partial charge on any atom is -0.505 e. The van der Waals surface area contributed by atoms with Crippen molar-refractivity contribution >= 4 is 34.0 Å². The molecule has 0 amide bonds. The standard InChI is InChI=1S/C12H17BrN2O.ClH/c13-8-5-6-9(14)12(16)10(8)11(15)7-3-1-2-4-7;/h5-7,11,16H,1-4,14-15H2;1H/t11-;/m1./s1. The first-order chi connectivity index (χ1) is 7.61. The molecule has 0 aromatic heterocycles. The summed E-state index contributed by atoms with van der Waals surface area (Å²) >= 11 is 3.43. The zero-order chi connectivity index (χ0) is 11.7. The first-order valence-corrected chi connectivity index (χ1v) is 6.43. The molecule has 3 nitrogen and oxygen atoms in total. The molecule has 0 spiro atoms. The molecule has 0 radical (unpaired) electrons. The molecule has 1 aliphatic rings. The van der Waals surface area contributed by atoms with Crippen LogP contribution >= 0.6 is 28.3 Å². The molecular formula is C12H18BrClN2O. The van der Waals surface area contributed by atoms with Crippen LogP contribution in [0.15, 0.2) is 16.6 Å². The van der Waals surface area contributed by atoms with Gasteiger partial charge in [0, 0.05) is 16.1 Å². The fraction of sp³-hybridized carbons (Fsp3) is 0.500. The minimum atomic E-state index is -0.125. The zero-order valence-corrected chi connectivity index (χ0v) is 11.9. The van der Waals surface area contributed by atoms with E-state index in [-0.39, 0.29) is 24.2 Å². The van der Waals surface area contributed by atoms with Crippen LogP contribution in [-0.4, -0.2) is 5.11 Å². The lowest BCUT2D eigenvalue weighted by Crippen LogP contribution is -2.20. The third-order valence-electron chi connectivity index (χ3n) is 3.44. The number of anilines is 1. The average molecular weight is 322 g/mol. The summed E-state index contributed by atoms with van der Waals surface area (Å²) in [6.45, 7) is 0. The van der Waals surface area contributed by atoms with Gasteiger partial charge in [0.15, 0.2) is 0 Å². The van der Waals surface area contributed by atoms with E-state index in [2.05, 4.69) is 15.9 Å². The maximum absolute atomic E-state index is 9.97. The molecule has 1 fully saturated rings. The number of phenolic OH excluding ortho intramolecular Hbond substituents is 1. The van der Waals surface area contributed by atoms with Gasteiger partial charge >= 0.3 is 0 Å². The van der Waals surface area contributed by atoms with Gasteiger partial charge in [0.05, 0.1) is 5.69 Å². The van der Waals surface area contributed by atoms with E-state index in [1.54, 1.807) is 6.07 Å². The lowest BCUT2D eigenvalue weighted by atomic mass is 9.91. The third-order valence-corrected chi connectivity index (χ3v) is 4.13. The molecule has 0 unspecified atom stereocenters. The number of halogens is 2. The Balaban J connectivity index is 0.00000144. The maximum Gasteiger partial charge on any atom is 0.144 e. The summed E-state index contributed by atoms with van der Waals surface area (Å²) < 4.78 is 0.846. The second-order valence-electron chi connectivity index (χ2n) is 4.47. The Bertz CT molecular complexity index is 394. The summed E-state index contributed by atoms with van der Waals surface area (Å²) in [5, 5.41) is 9.97. The molecule has 1 aromatic carbocycles. The molecule has 96 valence electrons. The molecule has 1 aliphatic carbocycles. The maximum atomic E-state index is 9.97. The molecule has 0 heterocycles. The van der Waals surface area contributed by atoms with Gasteiger partial charge in [-0.05, 0) is 30.9 Å². The van der Waals surface area contributed by atoms with Crippen molar-refractivity contribution in [3.8, 4) is 5.75 Å². The smallest absolute Gasteiger partial charge is 0.144 e. The van der Waals surface area contributed by atoms with E-state index in [0.717, 1.165) is 22.9 Å². The number of hydrogen-bond acceptors (Lipinski definition) is 3. The Kier molecular flexibility index (Phi) is 5.10. The van der Waals surface area contributed by atoms with E-state index in [1.807, 2.05) is 6.07 Å². The van der Waals surface area contributed by atoms with Gasteiger partial charge in [-0.2, -0.15) is 0 Å². The normalized spacial score (nSPS) is 17.8. The first-order valence-electron chi connectivity index (χ1n) is 5.63. The van der Waals surface area contributed by atoms with E-state index >= 15 is 0 Å². The summed E-state index contributed by atoms with van der Waals surface area (Å²) in [4.78, 5) is 0. The molecular weight excluding hydrogens is 304 g/mol. The highest BCUT2D eigenvalue weighted by atomic mass is 79.9. The molecule has 0 bridgehead atoms. The third kappa shape index (κ3) is 2.87. The Hall–Kier alpha value is -0.450. The summed E-state index contributed by atoms with van der Waals surface area (Å²) in [5.41, 5.74) is 13.1. The van der Waals surface area contributed by atoms with Crippen LogP contribution in [0.3, 0.4) is 0 Å². The Morgan fingerprint density at radius 3 is 2.47 bits per heavy atom. The van der Waals surface area contributed by atoms with Crippen molar-refractivity contribution in [3.05, 3.63) is 22.2 Å². The Labute approximate surface area is 116 Å². The van der Waals surface area contributed by atoms with Crippen LogP contribution in [0.5, 0.6) is 5.75 Å². The summed E-state index contributed by atoms with van der Waals surface area (Å²) in [6.07, 6.45) is 4.75. The largest absolute Gasteiger partial charge is 0.505 e. The van der Waals surface area contributed by atoms with Gasteiger partial charge in [-0.3, -0.25) is 0 Å². The quantitative estimate of drug-likeness (QED) is 0.578. The molecule has 1 atom stereocenters. The van der Waals surface area contributed by atoms with Gasteiger partial charge < -0.3 is 16.6 Å². The van der Waals surface area contributed by atoms with Crippen LogP contribution in [0.1, 0.15) is 37.3 Å². The van der Waals surface area contributed by atoms with E-state index in [0.29, 0.717) is 11.6 Å². The second-order valence-corrected chi connectivity index (χ2v) is 5.32. The molecule has 0 saturated heterocycles. The number of nitrogen functional groups attached to an aromatic ring is 1. The first kappa shape index (κ1) is 14.6. The Morgan fingerprint density at radius 1 is 1.29 bits per heavy atom. The van der Waals surface area contributed by atoms with Crippen molar-refractivity contribution < 1.29 is 5.11 Å². The van der Waals surface area contributed by atoms with E-state index in [9.17, 15) is 5.11 Å². The zero-order valence-electron chi connectivity index (χ0n) is 9.53. The van der Waals surface area contributed by atoms with Crippen LogP contribution in [0.25, 0.3) is 0 Å². The molecule has 17 heavy (non-hydrogen) atoms. The van der Waals surface area contributed by atoms with E-state index < -0.39 is 0 Å². The summed E-state index contributed by atoms with van der Waals surface area (Å²) in [7, 11) is 0. The van der Waals surface area contributed by atoms with E-state index in [4.69, 9.17) is 11.5 Å². The second kappa shape index (κ2) is 5.94. The van der Waals surface area contributed by atoms with Crippen molar-refractivity contribution in [1.29, 1.82) is 0 Å². The highest BCUT2D eigenvalue weighted by molar-refractivity contribution is 9.10.